The van der Waals surface area contributed by atoms with Crippen molar-refractivity contribution in [3.63, 3.8) is 0 Å². The van der Waals surface area contributed by atoms with E-state index in [4.69, 9.17) is 4.74 Å². The normalized spacial score (nSPS) is 25.1. The number of amides is 1. The van der Waals surface area contributed by atoms with Gasteiger partial charge in [-0.05, 0) is 13.6 Å². The van der Waals surface area contributed by atoms with E-state index < -0.39 is 0 Å². The van der Waals surface area contributed by atoms with Crippen molar-refractivity contribution >= 4 is 5.91 Å². The Labute approximate surface area is 122 Å². The van der Waals surface area contributed by atoms with Crippen LogP contribution in [0.2, 0.25) is 0 Å². The number of carbonyl (C=O) groups excluding carboxylic acids is 1. The van der Waals surface area contributed by atoms with E-state index in [0.717, 1.165) is 59.0 Å². The molecule has 0 bridgehead atoms. The summed E-state index contributed by atoms with van der Waals surface area (Å²) in [4.78, 5) is 18.6. The zero-order valence-electron chi connectivity index (χ0n) is 12.8. The lowest BCUT2D eigenvalue weighted by atomic mass is 10.2. The monoisotopic (exact) mass is 284 g/mol. The third-order valence-electron chi connectivity index (χ3n) is 4.06. The Hall–Kier alpha value is -0.690. The Morgan fingerprint density at radius 3 is 2.80 bits per heavy atom. The number of ether oxygens (including phenoxy) is 1. The minimum Gasteiger partial charge on any atom is -0.374 e. The second kappa shape index (κ2) is 7.93. The third kappa shape index (κ3) is 4.70. The molecule has 1 N–H and O–H groups in total. The van der Waals surface area contributed by atoms with Crippen LogP contribution < -0.4 is 5.32 Å². The quantitative estimate of drug-likeness (QED) is 0.707. The number of carbonyl (C=O) groups is 1. The Morgan fingerprint density at radius 2 is 2.10 bits per heavy atom. The zero-order chi connectivity index (χ0) is 14.4. The highest BCUT2D eigenvalue weighted by Crippen LogP contribution is 2.06. The largest absolute Gasteiger partial charge is 0.374 e. The molecule has 0 saturated carbocycles. The maximum Gasteiger partial charge on any atom is 0.236 e. The molecule has 0 aliphatic carbocycles. The van der Waals surface area contributed by atoms with Crippen LogP contribution in [-0.4, -0.2) is 99.3 Å². The fraction of sp³-hybridized carbons (Fsp3) is 0.929. The maximum atomic E-state index is 12.2. The molecule has 2 rings (SSSR count). The summed E-state index contributed by atoms with van der Waals surface area (Å²) < 4.78 is 5.79. The van der Waals surface area contributed by atoms with Crippen LogP contribution in [0, 0.1) is 0 Å². The molecule has 2 saturated heterocycles. The van der Waals surface area contributed by atoms with E-state index in [1.807, 2.05) is 11.9 Å². The van der Waals surface area contributed by atoms with Crippen molar-refractivity contribution in [3.8, 4) is 0 Å². The summed E-state index contributed by atoms with van der Waals surface area (Å²) >= 11 is 0. The molecular weight excluding hydrogens is 256 g/mol. The molecule has 2 heterocycles. The van der Waals surface area contributed by atoms with E-state index in [2.05, 4.69) is 22.0 Å². The summed E-state index contributed by atoms with van der Waals surface area (Å²) in [6.45, 7) is 10.9. The summed E-state index contributed by atoms with van der Waals surface area (Å²) in [5.74, 6) is 0.233. The Balaban J connectivity index is 1.71. The van der Waals surface area contributed by atoms with Gasteiger partial charge in [0.1, 0.15) is 0 Å². The molecule has 0 aromatic rings. The van der Waals surface area contributed by atoms with Crippen molar-refractivity contribution in [2.75, 3.05) is 72.6 Å². The van der Waals surface area contributed by atoms with Crippen LogP contribution in [0.5, 0.6) is 0 Å². The molecule has 2 aliphatic heterocycles. The van der Waals surface area contributed by atoms with Crippen molar-refractivity contribution in [1.29, 1.82) is 0 Å². The molecule has 1 atom stereocenters. The van der Waals surface area contributed by atoms with Crippen molar-refractivity contribution < 1.29 is 9.53 Å². The third-order valence-corrected chi connectivity index (χ3v) is 4.06. The Kier molecular flexibility index (Phi) is 6.22. The van der Waals surface area contributed by atoms with Gasteiger partial charge in [0.15, 0.2) is 0 Å². The Bertz CT molecular complexity index is 308. The second-order valence-corrected chi connectivity index (χ2v) is 5.71. The number of piperazine rings is 1. The van der Waals surface area contributed by atoms with Crippen LogP contribution in [-0.2, 0) is 9.53 Å². The van der Waals surface area contributed by atoms with Gasteiger partial charge in [-0.3, -0.25) is 14.6 Å². The molecule has 6 heteroatoms. The lowest BCUT2D eigenvalue weighted by molar-refractivity contribution is -0.133. The summed E-state index contributed by atoms with van der Waals surface area (Å²) in [7, 11) is 2.01. The SMILES string of the molecule is CCN1CCOC(CN(C)CC(=O)N2CCNCC2)C1. The highest BCUT2D eigenvalue weighted by atomic mass is 16.5. The van der Waals surface area contributed by atoms with Gasteiger partial charge in [0.05, 0.1) is 19.3 Å². The van der Waals surface area contributed by atoms with Crippen LogP contribution in [0.4, 0.5) is 0 Å². The minimum atomic E-state index is 0.226. The first kappa shape index (κ1) is 15.7. The molecule has 116 valence electrons. The second-order valence-electron chi connectivity index (χ2n) is 5.71. The van der Waals surface area contributed by atoms with Crippen molar-refractivity contribution in [2.24, 2.45) is 0 Å². The van der Waals surface area contributed by atoms with Gasteiger partial charge in [0.25, 0.3) is 0 Å². The van der Waals surface area contributed by atoms with E-state index in [-0.39, 0.29) is 12.0 Å². The number of hydrogen-bond acceptors (Lipinski definition) is 5. The van der Waals surface area contributed by atoms with E-state index in [1.165, 1.54) is 0 Å². The molecule has 0 radical (unpaired) electrons. The summed E-state index contributed by atoms with van der Waals surface area (Å²) in [6.07, 6.45) is 0.226. The number of hydrogen-bond donors (Lipinski definition) is 1. The molecular formula is C14H28N4O2. The fourth-order valence-electron chi connectivity index (χ4n) is 2.84. The lowest BCUT2D eigenvalue weighted by Gasteiger charge is -2.35. The number of rotatable bonds is 5. The molecule has 6 nitrogen and oxygen atoms in total. The van der Waals surface area contributed by atoms with Crippen LogP contribution in [0.15, 0.2) is 0 Å². The van der Waals surface area contributed by atoms with Crippen molar-refractivity contribution in [1.82, 2.24) is 20.0 Å². The van der Waals surface area contributed by atoms with Crippen LogP contribution in [0.25, 0.3) is 0 Å². The van der Waals surface area contributed by atoms with E-state index in [1.54, 1.807) is 0 Å². The van der Waals surface area contributed by atoms with Gasteiger partial charge >= 0.3 is 0 Å². The van der Waals surface area contributed by atoms with Crippen molar-refractivity contribution in [3.05, 3.63) is 0 Å². The van der Waals surface area contributed by atoms with Gasteiger partial charge in [0.2, 0.25) is 5.91 Å². The predicted octanol–water partition coefficient (Wildman–Crippen LogP) is -0.929. The van der Waals surface area contributed by atoms with Gasteiger partial charge < -0.3 is 15.0 Å². The number of nitrogens with zero attached hydrogens (tertiary/aromatic N) is 3. The van der Waals surface area contributed by atoms with Crippen molar-refractivity contribution in [2.45, 2.75) is 13.0 Å². The summed E-state index contributed by atoms with van der Waals surface area (Å²) in [6, 6.07) is 0. The minimum absolute atomic E-state index is 0.226. The predicted molar refractivity (Wildman–Crippen MR) is 78.8 cm³/mol. The molecule has 2 fully saturated rings. The molecule has 0 spiro atoms. The molecule has 0 aromatic heterocycles. The summed E-state index contributed by atoms with van der Waals surface area (Å²) in [5.41, 5.74) is 0. The van der Waals surface area contributed by atoms with E-state index >= 15 is 0 Å². The number of likely N-dealkylation sites (N-methyl/N-ethyl adjacent to an activating group) is 2. The molecule has 20 heavy (non-hydrogen) atoms. The first-order valence-corrected chi connectivity index (χ1v) is 7.70. The first-order chi connectivity index (χ1) is 9.69. The van der Waals surface area contributed by atoms with Crippen LogP contribution in [0.3, 0.4) is 0 Å². The average molecular weight is 284 g/mol. The molecule has 2 aliphatic rings. The van der Waals surface area contributed by atoms with Gasteiger partial charge in [-0.25, -0.2) is 0 Å². The standard InChI is InChI=1S/C14H28N4O2/c1-3-17-8-9-20-13(11-17)10-16(2)12-14(19)18-6-4-15-5-7-18/h13,15H,3-12H2,1-2H3. The van der Waals surface area contributed by atoms with Gasteiger partial charge in [-0.15, -0.1) is 0 Å². The Morgan fingerprint density at radius 1 is 1.35 bits per heavy atom. The van der Waals surface area contributed by atoms with Gasteiger partial charge in [-0.1, -0.05) is 6.92 Å². The smallest absolute Gasteiger partial charge is 0.236 e. The van der Waals surface area contributed by atoms with Gasteiger partial charge in [0, 0.05) is 45.8 Å². The molecule has 0 aromatic carbocycles. The van der Waals surface area contributed by atoms with E-state index in [9.17, 15) is 4.79 Å². The topological polar surface area (TPSA) is 48.1 Å². The summed E-state index contributed by atoms with van der Waals surface area (Å²) in [5, 5.41) is 3.27. The van der Waals surface area contributed by atoms with Crippen LogP contribution >= 0.6 is 0 Å². The highest BCUT2D eigenvalue weighted by molar-refractivity contribution is 5.78. The molecule has 1 amide bonds. The number of morpholine rings is 1. The lowest BCUT2D eigenvalue weighted by Crippen LogP contribution is -2.51. The zero-order valence-corrected chi connectivity index (χ0v) is 12.8. The molecule has 1 unspecified atom stereocenters. The van der Waals surface area contributed by atoms with Crippen LogP contribution in [0.1, 0.15) is 6.92 Å². The average Bonchev–Trinajstić information content (AvgIpc) is 2.48. The maximum absolute atomic E-state index is 12.2. The van der Waals surface area contributed by atoms with E-state index in [0.29, 0.717) is 6.54 Å². The number of nitrogens with one attached hydrogen (secondary N) is 1. The first-order valence-electron chi connectivity index (χ1n) is 7.70. The fourth-order valence-corrected chi connectivity index (χ4v) is 2.84. The van der Waals surface area contributed by atoms with Gasteiger partial charge in [-0.2, -0.15) is 0 Å². The highest BCUT2D eigenvalue weighted by Gasteiger charge is 2.23.